The third-order valence-electron chi connectivity index (χ3n) is 4.81. The van der Waals surface area contributed by atoms with Gasteiger partial charge < -0.3 is 15.1 Å². The van der Waals surface area contributed by atoms with Gasteiger partial charge in [0.1, 0.15) is 0 Å². The highest BCUT2D eigenvalue weighted by Crippen LogP contribution is 2.40. The molecule has 2 rings (SSSR count). The van der Waals surface area contributed by atoms with Crippen LogP contribution < -0.4 is 0 Å². The number of rotatable bonds is 4. The third-order valence-corrected chi connectivity index (χ3v) is 4.81. The molecule has 5 nitrogen and oxygen atoms in total. The molecule has 0 aromatic carbocycles. The van der Waals surface area contributed by atoms with Crippen LogP contribution in [0.15, 0.2) is 0 Å². The second-order valence-electron chi connectivity index (χ2n) is 6.07. The molecule has 0 aromatic rings. The molecular formula is C14H23NO4. The van der Waals surface area contributed by atoms with Crippen LogP contribution in [0, 0.1) is 17.8 Å². The SMILES string of the molecule is CCC1CC(C(=O)O)C(C(=O)N2CC(O)(CC)C2)C1. The maximum Gasteiger partial charge on any atom is 0.307 e. The minimum Gasteiger partial charge on any atom is -0.481 e. The number of hydrogen-bond acceptors (Lipinski definition) is 3. The van der Waals surface area contributed by atoms with Crippen LogP contribution in [-0.4, -0.2) is 45.7 Å². The Bertz CT molecular complexity index is 376. The fourth-order valence-corrected chi connectivity index (χ4v) is 3.30. The van der Waals surface area contributed by atoms with Crippen LogP contribution in [0.3, 0.4) is 0 Å². The van der Waals surface area contributed by atoms with E-state index >= 15 is 0 Å². The Labute approximate surface area is 113 Å². The van der Waals surface area contributed by atoms with Gasteiger partial charge in [0.15, 0.2) is 0 Å². The van der Waals surface area contributed by atoms with Gasteiger partial charge in [-0.25, -0.2) is 0 Å². The fourth-order valence-electron chi connectivity index (χ4n) is 3.30. The molecule has 1 aliphatic carbocycles. The van der Waals surface area contributed by atoms with Gasteiger partial charge in [0, 0.05) is 0 Å². The summed E-state index contributed by atoms with van der Waals surface area (Å²) in [6, 6.07) is 0. The average Bonchev–Trinajstić information content (AvgIpc) is 2.78. The smallest absolute Gasteiger partial charge is 0.307 e. The van der Waals surface area contributed by atoms with Crippen molar-refractivity contribution in [3.63, 3.8) is 0 Å². The third kappa shape index (κ3) is 2.61. The number of carbonyl (C=O) groups is 2. The largest absolute Gasteiger partial charge is 0.481 e. The molecule has 0 radical (unpaired) electrons. The summed E-state index contributed by atoms with van der Waals surface area (Å²) in [5, 5.41) is 19.2. The summed E-state index contributed by atoms with van der Waals surface area (Å²) < 4.78 is 0. The highest BCUT2D eigenvalue weighted by Gasteiger charge is 2.49. The number of β-amino-alcohol motifs (C(OH)–C–C–N with tert-alkyl or cyclic N) is 1. The van der Waals surface area contributed by atoms with Gasteiger partial charge in [0.25, 0.3) is 0 Å². The molecule has 0 bridgehead atoms. The first-order valence-corrected chi connectivity index (χ1v) is 7.14. The van der Waals surface area contributed by atoms with Crippen LogP contribution in [-0.2, 0) is 9.59 Å². The molecule has 1 heterocycles. The lowest BCUT2D eigenvalue weighted by Crippen LogP contribution is -2.64. The zero-order valence-corrected chi connectivity index (χ0v) is 11.6. The number of nitrogens with zero attached hydrogens (tertiary/aromatic N) is 1. The number of carboxylic acid groups (broad SMARTS) is 1. The van der Waals surface area contributed by atoms with E-state index in [4.69, 9.17) is 0 Å². The maximum absolute atomic E-state index is 12.4. The maximum atomic E-state index is 12.4. The Morgan fingerprint density at radius 2 is 1.79 bits per heavy atom. The molecule has 0 spiro atoms. The summed E-state index contributed by atoms with van der Waals surface area (Å²) in [5.74, 6) is -1.56. The molecule has 1 saturated heterocycles. The molecule has 3 atom stereocenters. The van der Waals surface area contributed by atoms with Crippen LogP contribution >= 0.6 is 0 Å². The highest BCUT2D eigenvalue weighted by atomic mass is 16.4. The van der Waals surface area contributed by atoms with Crippen LogP contribution in [0.1, 0.15) is 39.5 Å². The number of carboxylic acids is 1. The van der Waals surface area contributed by atoms with Crippen LogP contribution in [0.5, 0.6) is 0 Å². The Balaban J connectivity index is 2.00. The molecule has 19 heavy (non-hydrogen) atoms. The van der Waals surface area contributed by atoms with E-state index in [0.717, 1.165) is 6.42 Å². The number of likely N-dealkylation sites (tertiary alicyclic amines) is 1. The van der Waals surface area contributed by atoms with Gasteiger partial charge in [0.05, 0.1) is 30.5 Å². The van der Waals surface area contributed by atoms with Crippen molar-refractivity contribution in [2.45, 2.75) is 45.1 Å². The fraction of sp³-hybridized carbons (Fsp3) is 0.857. The lowest BCUT2D eigenvalue weighted by atomic mass is 9.87. The lowest BCUT2D eigenvalue weighted by molar-refractivity contribution is -0.164. The van der Waals surface area contributed by atoms with E-state index in [2.05, 4.69) is 0 Å². The van der Waals surface area contributed by atoms with Crippen molar-refractivity contribution in [2.75, 3.05) is 13.1 Å². The minimum atomic E-state index is -0.861. The molecule has 1 amide bonds. The van der Waals surface area contributed by atoms with Crippen LogP contribution in [0.2, 0.25) is 0 Å². The van der Waals surface area contributed by atoms with Gasteiger partial charge in [-0.3, -0.25) is 9.59 Å². The van der Waals surface area contributed by atoms with E-state index in [-0.39, 0.29) is 5.91 Å². The number of aliphatic hydroxyl groups is 1. The second kappa shape index (κ2) is 5.12. The van der Waals surface area contributed by atoms with Crippen molar-refractivity contribution >= 4 is 11.9 Å². The molecule has 2 aliphatic rings. The second-order valence-corrected chi connectivity index (χ2v) is 6.07. The number of aliphatic carboxylic acids is 1. The summed E-state index contributed by atoms with van der Waals surface area (Å²) >= 11 is 0. The van der Waals surface area contributed by atoms with Crippen LogP contribution in [0.4, 0.5) is 0 Å². The topological polar surface area (TPSA) is 77.8 Å². The van der Waals surface area contributed by atoms with Gasteiger partial charge in [-0.05, 0) is 25.2 Å². The summed E-state index contributed by atoms with van der Waals surface area (Å²) in [6.07, 6.45) is 2.83. The van der Waals surface area contributed by atoms with E-state index in [0.29, 0.717) is 38.3 Å². The predicted octanol–water partition coefficient (Wildman–Crippen LogP) is 1.11. The molecular weight excluding hydrogens is 246 g/mol. The van der Waals surface area contributed by atoms with Crippen molar-refractivity contribution in [1.82, 2.24) is 4.90 Å². The first-order chi connectivity index (χ1) is 8.90. The van der Waals surface area contributed by atoms with Crippen molar-refractivity contribution in [2.24, 2.45) is 17.8 Å². The molecule has 5 heteroatoms. The summed E-state index contributed by atoms with van der Waals surface area (Å²) in [7, 11) is 0. The molecule has 108 valence electrons. The molecule has 0 aromatic heterocycles. The zero-order valence-electron chi connectivity index (χ0n) is 11.6. The highest BCUT2D eigenvalue weighted by molar-refractivity contribution is 5.86. The zero-order chi connectivity index (χ0) is 14.2. The predicted molar refractivity (Wildman–Crippen MR) is 69.5 cm³/mol. The van der Waals surface area contributed by atoms with E-state index < -0.39 is 23.4 Å². The summed E-state index contributed by atoms with van der Waals surface area (Å²) in [5.41, 5.74) is -0.753. The summed E-state index contributed by atoms with van der Waals surface area (Å²) in [4.78, 5) is 25.2. The van der Waals surface area contributed by atoms with Crippen molar-refractivity contribution in [3.05, 3.63) is 0 Å². The van der Waals surface area contributed by atoms with E-state index in [1.54, 1.807) is 4.90 Å². The van der Waals surface area contributed by atoms with Crippen molar-refractivity contribution in [3.8, 4) is 0 Å². The Morgan fingerprint density at radius 1 is 1.21 bits per heavy atom. The standard InChI is InChI=1S/C14H23NO4/c1-3-9-5-10(11(6-9)13(17)18)12(16)15-7-14(19,4-2)8-15/h9-11,19H,3-8H2,1-2H3,(H,17,18). The monoisotopic (exact) mass is 269 g/mol. The van der Waals surface area contributed by atoms with Crippen molar-refractivity contribution < 1.29 is 19.8 Å². The number of carbonyl (C=O) groups excluding carboxylic acids is 1. The molecule has 2 fully saturated rings. The van der Waals surface area contributed by atoms with Gasteiger partial charge >= 0.3 is 5.97 Å². The Hall–Kier alpha value is -1.10. The lowest BCUT2D eigenvalue weighted by Gasteiger charge is -2.47. The molecule has 2 N–H and O–H groups in total. The van der Waals surface area contributed by atoms with Gasteiger partial charge in [-0.2, -0.15) is 0 Å². The normalized spacial score (nSPS) is 33.0. The quantitative estimate of drug-likeness (QED) is 0.801. The van der Waals surface area contributed by atoms with Crippen LogP contribution in [0.25, 0.3) is 0 Å². The Kier molecular flexibility index (Phi) is 3.85. The molecule has 1 aliphatic heterocycles. The Morgan fingerprint density at radius 3 is 2.26 bits per heavy atom. The number of hydrogen-bond donors (Lipinski definition) is 2. The van der Waals surface area contributed by atoms with Gasteiger partial charge in [0.2, 0.25) is 5.91 Å². The number of amides is 1. The molecule has 1 saturated carbocycles. The van der Waals surface area contributed by atoms with E-state index in [1.807, 2.05) is 13.8 Å². The van der Waals surface area contributed by atoms with E-state index in [1.165, 1.54) is 0 Å². The van der Waals surface area contributed by atoms with Gasteiger partial charge in [-0.1, -0.05) is 20.3 Å². The minimum absolute atomic E-state index is 0.0820. The molecule has 3 unspecified atom stereocenters. The van der Waals surface area contributed by atoms with Gasteiger partial charge in [-0.15, -0.1) is 0 Å². The average molecular weight is 269 g/mol. The van der Waals surface area contributed by atoms with E-state index in [9.17, 15) is 19.8 Å². The first-order valence-electron chi connectivity index (χ1n) is 7.14. The first kappa shape index (κ1) is 14.3. The van der Waals surface area contributed by atoms with Crippen molar-refractivity contribution in [1.29, 1.82) is 0 Å². The summed E-state index contributed by atoms with van der Waals surface area (Å²) in [6.45, 7) is 4.63.